The molecule has 84 valence electrons. The van der Waals surface area contributed by atoms with Gasteiger partial charge < -0.3 is 14.7 Å². The minimum atomic E-state index is -0.0500. The standard InChI is InChI=1S/C10H9ClN2O3/c11-6-1-2-7(8(15)5-6)10-12-9(3-4-14)13-16-10/h1-2,5,14-15H,3-4H2. The van der Waals surface area contributed by atoms with Crippen molar-refractivity contribution in [3.05, 3.63) is 29.0 Å². The van der Waals surface area contributed by atoms with Crippen molar-refractivity contribution in [2.45, 2.75) is 6.42 Å². The maximum Gasteiger partial charge on any atom is 0.261 e. The van der Waals surface area contributed by atoms with E-state index in [2.05, 4.69) is 10.1 Å². The van der Waals surface area contributed by atoms with E-state index < -0.39 is 0 Å². The van der Waals surface area contributed by atoms with Crippen LogP contribution in [0.1, 0.15) is 5.82 Å². The van der Waals surface area contributed by atoms with Gasteiger partial charge in [0.05, 0.1) is 12.2 Å². The topological polar surface area (TPSA) is 79.4 Å². The van der Waals surface area contributed by atoms with Gasteiger partial charge in [0.15, 0.2) is 5.82 Å². The van der Waals surface area contributed by atoms with Crippen molar-refractivity contribution in [1.82, 2.24) is 10.1 Å². The van der Waals surface area contributed by atoms with Crippen LogP contribution in [0, 0.1) is 0 Å². The van der Waals surface area contributed by atoms with Crippen molar-refractivity contribution in [2.75, 3.05) is 6.61 Å². The lowest BCUT2D eigenvalue weighted by atomic mass is 10.2. The van der Waals surface area contributed by atoms with E-state index in [-0.39, 0.29) is 18.2 Å². The zero-order valence-electron chi connectivity index (χ0n) is 8.22. The molecule has 0 saturated heterocycles. The summed E-state index contributed by atoms with van der Waals surface area (Å²) in [6.45, 7) is -0.0500. The van der Waals surface area contributed by atoms with E-state index in [9.17, 15) is 5.11 Å². The number of aromatic nitrogens is 2. The zero-order chi connectivity index (χ0) is 11.5. The van der Waals surface area contributed by atoms with Crippen molar-refractivity contribution < 1.29 is 14.7 Å². The third-order valence-corrected chi connectivity index (χ3v) is 2.23. The van der Waals surface area contributed by atoms with E-state index >= 15 is 0 Å². The number of rotatable bonds is 3. The first-order valence-electron chi connectivity index (χ1n) is 4.63. The van der Waals surface area contributed by atoms with Gasteiger partial charge in [-0.15, -0.1) is 0 Å². The highest BCUT2D eigenvalue weighted by Crippen LogP contribution is 2.30. The summed E-state index contributed by atoms with van der Waals surface area (Å²) in [6.07, 6.45) is 0.317. The van der Waals surface area contributed by atoms with E-state index in [0.717, 1.165) is 0 Å². The number of hydrogen-bond acceptors (Lipinski definition) is 5. The van der Waals surface area contributed by atoms with Gasteiger partial charge >= 0.3 is 0 Å². The van der Waals surface area contributed by atoms with Gasteiger partial charge in [-0.25, -0.2) is 0 Å². The molecule has 16 heavy (non-hydrogen) atoms. The van der Waals surface area contributed by atoms with Crippen LogP contribution in [0.4, 0.5) is 0 Å². The predicted octanol–water partition coefficient (Wildman–Crippen LogP) is 1.63. The number of phenols is 1. The lowest BCUT2D eigenvalue weighted by Gasteiger charge is -1.98. The Morgan fingerprint density at radius 1 is 1.38 bits per heavy atom. The fraction of sp³-hybridized carbons (Fsp3) is 0.200. The second-order valence-corrected chi connectivity index (χ2v) is 3.59. The van der Waals surface area contributed by atoms with E-state index in [4.69, 9.17) is 21.2 Å². The highest BCUT2D eigenvalue weighted by atomic mass is 35.5. The van der Waals surface area contributed by atoms with Crippen molar-refractivity contribution in [1.29, 1.82) is 0 Å². The molecule has 0 unspecified atom stereocenters. The van der Waals surface area contributed by atoms with Gasteiger partial charge in [0, 0.05) is 11.4 Å². The lowest BCUT2D eigenvalue weighted by Crippen LogP contribution is -1.92. The molecular formula is C10H9ClN2O3. The predicted molar refractivity (Wildman–Crippen MR) is 57.2 cm³/mol. The Hall–Kier alpha value is -1.59. The second-order valence-electron chi connectivity index (χ2n) is 3.15. The number of aromatic hydroxyl groups is 1. The molecule has 2 aromatic rings. The molecule has 0 radical (unpaired) electrons. The van der Waals surface area contributed by atoms with Crippen LogP contribution in [0.3, 0.4) is 0 Å². The molecular weight excluding hydrogens is 232 g/mol. The molecule has 0 amide bonds. The molecule has 1 aromatic carbocycles. The summed E-state index contributed by atoms with van der Waals surface area (Å²) in [4.78, 5) is 4.02. The highest BCUT2D eigenvalue weighted by Gasteiger charge is 2.12. The summed E-state index contributed by atoms with van der Waals surface area (Å²) in [5.74, 6) is 0.580. The molecule has 0 aliphatic heterocycles. The van der Waals surface area contributed by atoms with Crippen molar-refractivity contribution in [3.63, 3.8) is 0 Å². The fourth-order valence-corrected chi connectivity index (χ4v) is 1.42. The molecule has 1 heterocycles. The van der Waals surface area contributed by atoms with Gasteiger partial charge in [-0.1, -0.05) is 16.8 Å². The monoisotopic (exact) mass is 240 g/mol. The van der Waals surface area contributed by atoms with Gasteiger partial charge in [-0.05, 0) is 18.2 Å². The van der Waals surface area contributed by atoms with Crippen LogP contribution in [-0.2, 0) is 6.42 Å². The Morgan fingerprint density at radius 3 is 2.88 bits per heavy atom. The van der Waals surface area contributed by atoms with Crippen molar-refractivity contribution >= 4 is 11.6 Å². The summed E-state index contributed by atoms with van der Waals surface area (Å²) in [7, 11) is 0. The van der Waals surface area contributed by atoms with Gasteiger partial charge in [0.2, 0.25) is 0 Å². The maximum atomic E-state index is 9.62. The number of phenolic OH excluding ortho intramolecular Hbond substituents is 1. The minimum Gasteiger partial charge on any atom is -0.507 e. The quantitative estimate of drug-likeness (QED) is 0.853. The molecule has 0 atom stereocenters. The summed E-state index contributed by atoms with van der Waals surface area (Å²) in [5, 5.41) is 22.4. The summed E-state index contributed by atoms with van der Waals surface area (Å²) < 4.78 is 4.95. The number of aliphatic hydroxyl groups excluding tert-OH is 1. The van der Waals surface area contributed by atoms with Crippen LogP contribution in [-0.4, -0.2) is 27.0 Å². The molecule has 0 bridgehead atoms. The molecule has 0 aliphatic rings. The van der Waals surface area contributed by atoms with E-state index in [1.807, 2.05) is 0 Å². The number of halogens is 1. The second kappa shape index (κ2) is 4.51. The molecule has 0 fully saturated rings. The van der Waals surface area contributed by atoms with Crippen LogP contribution >= 0.6 is 11.6 Å². The zero-order valence-corrected chi connectivity index (χ0v) is 8.98. The number of aliphatic hydroxyl groups is 1. The number of hydrogen-bond donors (Lipinski definition) is 2. The van der Waals surface area contributed by atoms with Gasteiger partial charge in [0.1, 0.15) is 5.75 Å². The Balaban J connectivity index is 2.35. The highest BCUT2D eigenvalue weighted by molar-refractivity contribution is 6.30. The largest absolute Gasteiger partial charge is 0.507 e. The average molecular weight is 241 g/mol. The first kappa shape index (κ1) is 10.9. The van der Waals surface area contributed by atoms with Crippen molar-refractivity contribution in [3.8, 4) is 17.2 Å². The molecule has 0 spiro atoms. The van der Waals surface area contributed by atoms with Crippen LogP contribution in [0.2, 0.25) is 5.02 Å². The minimum absolute atomic E-state index is 0.0216. The average Bonchev–Trinajstić information content (AvgIpc) is 2.67. The number of nitrogens with zero attached hydrogens (tertiary/aromatic N) is 2. The first-order chi connectivity index (χ1) is 7.70. The van der Waals surface area contributed by atoms with E-state index in [1.54, 1.807) is 12.1 Å². The van der Waals surface area contributed by atoms with Gasteiger partial charge in [-0.3, -0.25) is 0 Å². The maximum absolute atomic E-state index is 9.62. The van der Waals surface area contributed by atoms with Crippen molar-refractivity contribution in [2.24, 2.45) is 0 Å². The normalized spacial score (nSPS) is 10.6. The SMILES string of the molecule is OCCc1noc(-c2ccc(Cl)cc2O)n1. The molecule has 2 N–H and O–H groups in total. The Kier molecular flexibility index (Phi) is 3.07. The lowest BCUT2D eigenvalue weighted by molar-refractivity contribution is 0.293. The molecule has 2 rings (SSSR count). The third kappa shape index (κ3) is 2.15. The van der Waals surface area contributed by atoms with E-state index in [0.29, 0.717) is 22.8 Å². The molecule has 0 saturated carbocycles. The molecule has 1 aromatic heterocycles. The van der Waals surface area contributed by atoms with Crippen LogP contribution in [0.25, 0.3) is 11.5 Å². The number of benzene rings is 1. The summed E-state index contributed by atoms with van der Waals surface area (Å²) >= 11 is 5.70. The summed E-state index contributed by atoms with van der Waals surface area (Å²) in [5.41, 5.74) is 0.418. The van der Waals surface area contributed by atoms with E-state index in [1.165, 1.54) is 6.07 Å². The van der Waals surface area contributed by atoms with Crippen LogP contribution < -0.4 is 0 Å². The fourth-order valence-electron chi connectivity index (χ4n) is 1.25. The molecule has 0 aliphatic carbocycles. The Bertz CT molecular complexity index is 499. The Labute approximate surface area is 96.3 Å². The van der Waals surface area contributed by atoms with Crippen LogP contribution in [0.5, 0.6) is 5.75 Å². The Morgan fingerprint density at radius 2 is 2.19 bits per heavy atom. The summed E-state index contributed by atoms with van der Waals surface area (Å²) in [6, 6.07) is 4.60. The molecule has 5 nitrogen and oxygen atoms in total. The third-order valence-electron chi connectivity index (χ3n) is 1.99. The van der Waals surface area contributed by atoms with Crippen LogP contribution in [0.15, 0.2) is 22.7 Å². The van der Waals surface area contributed by atoms with Gasteiger partial charge in [0.25, 0.3) is 5.89 Å². The van der Waals surface area contributed by atoms with Gasteiger partial charge in [-0.2, -0.15) is 4.98 Å². The first-order valence-corrected chi connectivity index (χ1v) is 5.01. The smallest absolute Gasteiger partial charge is 0.261 e. The molecule has 6 heteroatoms.